The molecule has 3 nitrogen and oxygen atoms in total. The molecule has 2 N–H and O–H groups in total. The van der Waals surface area contributed by atoms with Gasteiger partial charge in [-0.25, -0.2) is 0 Å². The fraction of sp³-hybridized carbons (Fsp3) is 0.583. The van der Waals surface area contributed by atoms with Crippen molar-refractivity contribution < 1.29 is 9.90 Å². The zero-order valence-electron chi connectivity index (χ0n) is 9.36. The molecule has 1 aliphatic rings. The van der Waals surface area contributed by atoms with Crippen molar-refractivity contribution in [2.75, 3.05) is 0 Å². The third-order valence-corrected chi connectivity index (χ3v) is 2.65. The second kappa shape index (κ2) is 5.71. The summed E-state index contributed by atoms with van der Waals surface area (Å²) in [6.07, 6.45) is 8.83. The molecule has 0 amide bonds. The third-order valence-electron chi connectivity index (χ3n) is 2.65. The van der Waals surface area contributed by atoms with Gasteiger partial charge in [-0.3, -0.25) is 10.1 Å². The fourth-order valence-electron chi connectivity index (χ4n) is 1.96. The van der Waals surface area contributed by atoms with Crippen LogP contribution >= 0.6 is 0 Å². The van der Waals surface area contributed by atoms with Gasteiger partial charge in [0.2, 0.25) is 0 Å². The lowest BCUT2D eigenvalue weighted by molar-refractivity contribution is -0.139. The highest BCUT2D eigenvalue weighted by atomic mass is 16.4. The van der Waals surface area contributed by atoms with Crippen molar-refractivity contribution in [3.63, 3.8) is 0 Å². The van der Waals surface area contributed by atoms with E-state index < -0.39 is 5.97 Å². The number of allylic oxidation sites excluding steroid dienone is 2. The van der Waals surface area contributed by atoms with E-state index in [4.69, 9.17) is 5.11 Å². The largest absolute Gasteiger partial charge is 0.480 e. The predicted octanol–water partition coefficient (Wildman–Crippen LogP) is 2.10. The normalized spacial score (nSPS) is 27.5. The van der Waals surface area contributed by atoms with Gasteiger partial charge in [0.25, 0.3) is 0 Å². The number of aliphatic carboxylic acids is 1. The Labute approximate surface area is 90.9 Å². The maximum absolute atomic E-state index is 10.8. The highest BCUT2D eigenvalue weighted by Crippen LogP contribution is 2.20. The topological polar surface area (TPSA) is 49.3 Å². The standard InChI is InChI=1S/C12H19NO2/c1-3-5-9(6-4-2)10-7-8-11(13-10)12(14)15/h3,5-6,10-11,13H,4,7-8H2,1-2H3,(H,14,15)/b5-3-,9-6+. The highest BCUT2D eigenvalue weighted by Gasteiger charge is 2.29. The van der Waals surface area contributed by atoms with Gasteiger partial charge in [-0.2, -0.15) is 0 Å². The Morgan fingerprint density at radius 2 is 2.13 bits per heavy atom. The molecule has 0 aromatic carbocycles. The van der Waals surface area contributed by atoms with Crippen LogP contribution < -0.4 is 5.32 Å². The van der Waals surface area contributed by atoms with Gasteiger partial charge in [0.15, 0.2) is 0 Å². The van der Waals surface area contributed by atoms with Gasteiger partial charge >= 0.3 is 5.97 Å². The number of rotatable bonds is 4. The van der Waals surface area contributed by atoms with Crippen LogP contribution in [0.25, 0.3) is 0 Å². The molecular weight excluding hydrogens is 190 g/mol. The molecule has 1 heterocycles. The summed E-state index contributed by atoms with van der Waals surface area (Å²) in [5, 5.41) is 12.0. The molecule has 1 aliphatic heterocycles. The maximum atomic E-state index is 10.8. The molecular formula is C12H19NO2. The number of carboxylic acid groups (broad SMARTS) is 1. The summed E-state index contributed by atoms with van der Waals surface area (Å²) < 4.78 is 0. The van der Waals surface area contributed by atoms with Gasteiger partial charge in [-0.05, 0) is 31.8 Å². The quantitative estimate of drug-likeness (QED) is 0.697. The van der Waals surface area contributed by atoms with Crippen LogP contribution in [0, 0.1) is 0 Å². The molecule has 1 fully saturated rings. The van der Waals surface area contributed by atoms with E-state index in [0.717, 1.165) is 19.3 Å². The Bertz CT molecular complexity index is 281. The molecule has 1 rings (SSSR count). The van der Waals surface area contributed by atoms with Gasteiger partial charge in [0.1, 0.15) is 6.04 Å². The summed E-state index contributed by atoms with van der Waals surface area (Å²) in [6.45, 7) is 4.07. The predicted molar refractivity (Wildman–Crippen MR) is 60.8 cm³/mol. The lowest BCUT2D eigenvalue weighted by Crippen LogP contribution is -2.35. The van der Waals surface area contributed by atoms with Gasteiger partial charge in [-0.1, -0.05) is 25.2 Å². The molecule has 0 radical (unpaired) electrons. The summed E-state index contributed by atoms with van der Waals surface area (Å²) in [6, 6.07) is -0.164. The van der Waals surface area contributed by atoms with E-state index in [0.29, 0.717) is 0 Å². The van der Waals surface area contributed by atoms with Crippen LogP contribution in [-0.2, 0) is 4.79 Å². The van der Waals surface area contributed by atoms with Crippen molar-refractivity contribution in [2.45, 2.75) is 45.2 Å². The molecule has 2 unspecified atom stereocenters. The van der Waals surface area contributed by atoms with E-state index in [1.165, 1.54) is 5.57 Å². The van der Waals surface area contributed by atoms with E-state index in [-0.39, 0.29) is 12.1 Å². The Morgan fingerprint density at radius 3 is 2.60 bits per heavy atom. The number of hydrogen-bond acceptors (Lipinski definition) is 2. The fourth-order valence-corrected chi connectivity index (χ4v) is 1.96. The first-order valence-corrected chi connectivity index (χ1v) is 5.50. The summed E-state index contributed by atoms with van der Waals surface area (Å²) in [7, 11) is 0. The molecule has 0 saturated carbocycles. The molecule has 2 atom stereocenters. The van der Waals surface area contributed by atoms with Crippen molar-refractivity contribution in [3.8, 4) is 0 Å². The number of carboxylic acids is 1. The second-order valence-corrected chi connectivity index (χ2v) is 3.80. The number of carbonyl (C=O) groups is 1. The molecule has 0 aromatic heterocycles. The van der Waals surface area contributed by atoms with Crippen molar-refractivity contribution >= 4 is 5.97 Å². The SMILES string of the molecule is C/C=C\C(=C/CC)C1CCC(C(=O)O)N1. The average molecular weight is 209 g/mol. The maximum Gasteiger partial charge on any atom is 0.320 e. The van der Waals surface area contributed by atoms with Crippen molar-refractivity contribution in [3.05, 3.63) is 23.8 Å². The smallest absolute Gasteiger partial charge is 0.320 e. The van der Waals surface area contributed by atoms with Crippen molar-refractivity contribution in [1.29, 1.82) is 0 Å². The third kappa shape index (κ3) is 3.20. The minimum absolute atomic E-state index is 0.210. The Hall–Kier alpha value is -1.09. The Morgan fingerprint density at radius 1 is 1.47 bits per heavy atom. The summed E-state index contributed by atoms with van der Waals surface area (Å²) >= 11 is 0. The Kier molecular flexibility index (Phi) is 4.56. The van der Waals surface area contributed by atoms with Crippen LogP contribution in [-0.4, -0.2) is 23.2 Å². The van der Waals surface area contributed by atoms with Crippen LogP contribution in [0.1, 0.15) is 33.1 Å². The summed E-state index contributed by atoms with van der Waals surface area (Å²) in [5.74, 6) is -0.742. The lowest BCUT2D eigenvalue weighted by Gasteiger charge is -2.13. The van der Waals surface area contributed by atoms with E-state index in [1.807, 2.05) is 13.0 Å². The first-order valence-electron chi connectivity index (χ1n) is 5.50. The van der Waals surface area contributed by atoms with E-state index in [9.17, 15) is 4.79 Å². The van der Waals surface area contributed by atoms with E-state index in [2.05, 4.69) is 24.4 Å². The van der Waals surface area contributed by atoms with Crippen LogP contribution in [0.2, 0.25) is 0 Å². The summed E-state index contributed by atoms with van der Waals surface area (Å²) in [4.78, 5) is 10.8. The molecule has 0 aliphatic carbocycles. The molecule has 0 spiro atoms. The van der Waals surface area contributed by atoms with Gasteiger partial charge in [0, 0.05) is 6.04 Å². The molecule has 84 valence electrons. The second-order valence-electron chi connectivity index (χ2n) is 3.80. The van der Waals surface area contributed by atoms with Crippen LogP contribution in [0.15, 0.2) is 23.8 Å². The summed E-state index contributed by atoms with van der Waals surface area (Å²) in [5.41, 5.74) is 1.21. The monoisotopic (exact) mass is 209 g/mol. The lowest BCUT2D eigenvalue weighted by atomic mass is 10.0. The minimum Gasteiger partial charge on any atom is -0.480 e. The van der Waals surface area contributed by atoms with Gasteiger partial charge in [-0.15, -0.1) is 0 Å². The average Bonchev–Trinajstić information content (AvgIpc) is 2.66. The van der Waals surface area contributed by atoms with E-state index >= 15 is 0 Å². The molecule has 15 heavy (non-hydrogen) atoms. The number of hydrogen-bond donors (Lipinski definition) is 2. The van der Waals surface area contributed by atoms with Gasteiger partial charge < -0.3 is 5.11 Å². The molecule has 1 saturated heterocycles. The first-order chi connectivity index (χ1) is 7.19. The van der Waals surface area contributed by atoms with Crippen LogP contribution in [0.3, 0.4) is 0 Å². The zero-order chi connectivity index (χ0) is 11.3. The van der Waals surface area contributed by atoms with E-state index in [1.54, 1.807) is 0 Å². The first kappa shape index (κ1) is 12.0. The Balaban J connectivity index is 2.64. The van der Waals surface area contributed by atoms with Crippen LogP contribution in [0.5, 0.6) is 0 Å². The molecule has 0 aromatic rings. The zero-order valence-corrected chi connectivity index (χ0v) is 9.36. The number of nitrogens with one attached hydrogen (secondary N) is 1. The molecule has 3 heteroatoms. The highest BCUT2D eigenvalue weighted by molar-refractivity contribution is 5.74. The molecule has 0 bridgehead atoms. The van der Waals surface area contributed by atoms with Crippen LogP contribution in [0.4, 0.5) is 0 Å². The van der Waals surface area contributed by atoms with Crippen molar-refractivity contribution in [2.24, 2.45) is 0 Å². The van der Waals surface area contributed by atoms with Crippen molar-refractivity contribution in [1.82, 2.24) is 5.32 Å². The van der Waals surface area contributed by atoms with Gasteiger partial charge in [0.05, 0.1) is 0 Å². The minimum atomic E-state index is -0.742.